The first-order valence-corrected chi connectivity index (χ1v) is 9.91. The molecular weight excluding hydrogens is 457 g/mol. The molecule has 2 N–H and O–H groups in total. The number of aromatic hydroxyl groups is 1. The summed E-state index contributed by atoms with van der Waals surface area (Å²) in [5, 5.41) is 10.8. The molecule has 0 unspecified atom stereocenters. The van der Waals surface area contributed by atoms with Crippen molar-refractivity contribution >= 4 is 51.2 Å². The zero-order valence-corrected chi connectivity index (χ0v) is 17.6. The molecule has 0 saturated heterocycles. The standard InChI is InChI=1S/C21H15BrFN3O2S/c1-11-15(16-8-13(22)4-7-18(16)24-11)9-17-19(27)25-21(29)26(20(17)28)10-12-2-5-14(23)6-3-12/h2-9,28H,10H2,1H3,(H,25,27,29). The predicted molar refractivity (Wildman–Crippen MR) is 118 cm³/mol. The molecule has 8 heteroatoms. The number of rotatable bonds is 3. The smallest absolute Gasteiger partial charge is 0.262 e. The first kappa shape index (κ1) is 19.5. The molecule has 5 nitrogen and oxygen atoms in total. The summed E-state index contributed by atoms with van der Waals surface area (Å²) >= 11 is 8.67. The average molecular weight is 472 g/mol. The van der Waals surface area contributed by atoms with Gasteiger partial charge in [-0.25, -0.2) is 4.39 Å². The lowest BCUT2D eigenvalue weighted by Crippen LogP contribution is -2.17. The van der Waals surface area contributed by atoms with Crippen LogP contribution in [0.3, 0.4) is 0 Å². The number of fused-ring (bicyclic) bond motifs is 1. The second-order valence-corrected chi connectivity index (χ2v) is 7.93. The Morgan fingerprint density at radius 1 is 1.28 bits per heavy atom. The monoisotopic (exact) mass is 471 g/mol. The Kier molecular flexibility index (Phi) is 5.06. The summed E-state index contributed by atoms with van der Waals surface area (Å²) in [5.41, 5.74) is 3.47. The van der Waals surface area contributed by atoms with Gasteiger partial charge in [0.2, 0.25) is 5.88 Å². The van der Waals surface area contributed by atoms with Gasteiger partial charge < -0.3 is 5.11 Å². The molecule has 4 rings (SSSR count). The van der Waals surface area contributed by atoms with Gasteiger partial charge in [-0.15, -0.1) is 0 Å². The maximum atomic E-state index is 13.2. The van der Waals surface area contributed by atoms with Crippen molar-refractivity contribution in [3.8, 4) is 5.88 Å². The van der Waals surface area contributed by atoms with Gasteiger partial charge in [0.15, 0.2) is 4.77 Å². The Bertz CT molecular complexity index is 1310. The summed E-state index contributed by atoms with van der Waals surface area (Å²) in [5.74, 6) is -0.610. The van der Waals surface area contributed by atoms with Crippen LogP contribution in [0.4, 0.5) is 10.1 Å². The minimum Gasteiger partial charge on any atom is -0.494 e. The van der Waals surface area contributed by atoms with E-state index in [0.717, 1.165) is 32.6 Å². The van der Waals surface area contributed by atoms with E-state index in [0.29, 0.717) is 0 Å². The van der Waals surface area contributed by atoms with Crippen LogP contribution in [0.1, 0.15) is 23.6 Å². The molecule has 0 amide bonds. The lowest BCUT2D eigenvalue weighted by molar-refractivity contribution is 0.411. The summed E-state index contributed by atoms with van der Waals surface area (Å²) in [4.78, 5) is 19.7. The van der Waals surface area contributed by atoms with Gasteiger partial charge in [-0.05, 0) is 61.1 Å². The molecule has 0 radical (unpaired) electrons. The third-order valence-corrected chi connectivity index (χ3v) is 5.49. The van der Waals surface area contributed by atoms with Crippen LogP contribution in [0, 0.1) is 10.6 Å². The van der Waals surface area contributed by atoms with Crippen LogP contribution < -0.4 is 5.56 Å². The molecule has 0 bridgehead atoms. The minimum atomic E-state index is -0.494. The maximum Gasteiger partial charge on any atom is 0.262 e. The topological polar surface area (TPSA) is 70.4 Å². The molecule has 3 aromatic rings. The van der Waals surface area contributed by atoms with Gasteiger partial charge in [-0.3, -0.25) is 19.3 Å². The number of aromatic nitrogens is 2. The third kappa shape index (κ3) is 3.73. The van der Waals surface area contributed by atoms with Crippen LogP contribution in [0.25, 0.3) is 11.6 Å². The third-order valence-electron chi connectivity index (χ3n) is 4.68. The molecule has 1 aliphatic heterocycles. The van der Waals surface area contributed by atoms with Crippen molar-refractivity contribution in [2.24, 2.45) is 4.99 Å². The SMILES string of the molecule is CC1=Nc2ccc(Br)cc2C1=Cc1c(O)n(Cc2ccc(F)cc2)c(=S)[nH]c1=O. The van der Waals surface area contributed by atoms with Crippen molar-refractivity contribution in [2.75, 3.05) is 0 Å². The first-order valence-electron chi connectivity index (χ1n) is 8.71. The summed E-state index contributed by atoms with van der Waals surface area (Å²) in [6.45, 7) is 2.03. The average Bonchev–Trinajstić information content (AvgIpc) is 2.98. The summed E-state index contributed by atoms with van der Waals surface area (Å²) in [7, 11) is 0. The molecule has 2 heterocycles. The molecule has 1 aliphatic rings. The molecule has 1 aromatic heterocycles. The van der Waals surface area contributed by atoms with E-state index in [1.807, 2.05) is 25.1 Å². The maximum absolute atomic E-state index is 13.2. The minimum absolute atomic E-state index is 0.0816. The number of aliphatic imine (C=N–C) groups is 1. The van der Waals surface area contributed by atoms with Crippen molar-refractivity contribution in [1.29, 1.82) is 0 Å². The van der Waals surface area contributed by atoms with E-state index in [1.54, 1.807) is 18.2 Å². The summed E-state index contributed by atoms with van der Waals surface area (Å²) < 4.78 is 15.5. The number of hydrogen-bond donors (Lipinski definition) is 2. The predicted octanol–water partition coefficient (Wildman–Crippen LogP) is 5.21. The van der Waals surface area contributed by atoms with Gasteiger partial charge >= 0.3 is 0 Å². The quantitative estimate of drug-likeness (QED) is 0.515. The van der Waals surface area contributed by atoms with Crippen LogP contribution in [0.5, 0.6) is 5.88 Å². The molecule has 29 heavy (non-hydrogen) atoms. The van der Waals surface area contributed by atoms with Crippen LogP contribution in [0.2, 0.25) is 0 Å². The molecule has 0 aliphatic carbocycles. The second-order valence-electron chi connectivity index (χ2n) is 6.63. The van der Waals surface area contributed by atoms with E-state index in [4.69, 9.17) is 12.2 Å². The van der Waals surface area contributed by atoms with E-state index in [1.165, 1.54) is 16.7 Å². The zero-order chi connectivity index (χ0) is 20.7. The van der Waals surface area contributed by atoms with E-state index < -0.39 is 5.56 Å². The van der Waals surface area contributed by atoms with Crippen molar-refractivity contribution in [1.82, 2.24) is 9.55 Å². The Balaban J connectivity index is 1.84. The Hall–Kier alpha value is -2.84. The Labute approximate surface area is 179 Å². The molecule has 0 fully saturated rings. The van der Waals surface area contributed by atoms with Gasteiger partial charge in [0.1, 0.15) is 11.4 Å². The second kappa shape index (κ2) is 7.53. The van der Waals surface area contributed by atoms with Crippen LogP contribution >= 0.6 is 28.1 Å². The highest BCUT2D eigenvalue weighted by atomic mass is 79.9. The number of H-pyrrole nitrogens is 1. The van der Waals surface area contributed by atoms with Crippen molar-refractivity contribution < 1.29 is 9.50 Å². The molecule has 146 valence electrons. The molecule has 0 spiro atoms. The van der Waals surface area contributed by atoms with Crippen molar-refractivity contribution in [3.63, 3.8) is 0 Å². The lowest BCUT2D eigenvalue weighted by Gasteiger charge is -2.12. The number of nitrogens with one attached hydrogen (secondary N) is 1. The fraction of sp³-hybridized carbons (Fsp3) is 0.0952. The number of hydrogen-bond acceptors (Lipinski definition) is 4. The van der Waals surface area contributed by atoms with Crippen molar-refractivity contribution in [2.45, 2.75) is 13.5 Å². The molecule has 0 atom stereocenters. The number of aromatic amines is 1. The largest absolute Gasteiger partial charge is 0.494 e. The van der Waals surface area contributed by atoms with Gasteiger partial charge in [-0.1, -0.05) is 28.1 Å². The molecular formula is C21H15BrFN3O2S. The van der Waals surface area contributed by atoms with Crippen LogP contribution in [-0.2, 0) is 6.54 Å². The highest BCUT2D eigenvalue weighted by Crippen LogP contribution is 2.38. The number of benzene rings is 2. The first-order chi connectivity index (χ1) is 13.8. The van der Waals surface area contributed by atoms with E-state index in [2.05, 4.69) is 25.9 Å². The summed E-state index contributed by atoms with van der Waals surface area (Å²) in [6.07, 6.45) is 1.61. The van der Waals surface area contributed by atoms with E-state index in [-0.39, 0.29) is 28.6 Å². The van der Waals surface area contributed by atoms with E-state index in [9.17, 15) is 14.3 Å². The van der Waals surface area contributed by atoms with Gasteiger partial charge in [-0.2, -0.15) is 0 Å². The van der Waals surface area contributed by atoms with Gasteiger partial charge in [0.05, 0.1) is 12.2 Å². The Morgan fingerprint density at radius 3 is 2.72 bits per heavy atom. The highest BCUT2D eigenvalue weighted by Gasteiger charge is 2.20. The zero-order valence-electron chi connectivity index (χ0n) is 15.2. The highest BCUT2D eigenvalue weighted by molar-refractivity contribution is 9.10. The van der Waals surface area contributed by atoms with Crippen molar-refractivity contribution in [3.05, 3.63) is 84.6 Å². The fourth-order valence-corrected chi connectivity index (χ4v) is 3.81. The number of allylic oxidation sites excluding steroid dienone is 1. The van der Waals surface area contributed by atoms with Gasteiger partial charge in [0.25, 0.3) is 5.56 Å². The Morgan fingerprint density at radius 2 is 2.00 bits per heavy atom. The molecule has 2 aromatic carbocycles. The van der Waals surface area contributed by atoms with Crippen LogP contribution in [-0.4, -0.2) is 20.4 Å². The van der Waals surface area contributed by atoms with Crippen LogP contribution in [0.15, 0.2) is 56.7 Å². The normalized spacial score (nSPS) is 14.2. The fourth-order valence-electron chi connectivity index (χ4n) is 3.21. The number of halogens is 2. The van der Waals surface area contributed by atoms with Gasteiger partial charge in [0, 0.05) is 21.3 Å². The van der Waals surface area contributed by atoms with E-state index >= 15 is 0 Å². The summed E-state index contributed by atoms with van der Waals surface area (Å²) in [6, 6.07) is 11.6. The molecule has 0 saturated carbocycles. The number of nitrogens with zero attached hydrogens (tertiary/aromatic N) is 2. The lowest BCUT2D eigenvalue weighted by atomic mass is 10.0.